The lowest BCUT2D eigenvalue weighted by atomic mass is 9.85. The molecule has 16 heavy (non-hydrogen) atoms. The molecule has 1 aliphatic heterocycles. The van der Waals surface area contributed by atoms with Gasteiger partial charge in [0.1, 0.15) is 5.60 Å². The van der Waals surface area contributed by atoms with Gasteiger partial charge in [0.25, 0.3) is 0 Å². The normalized spacial score (nSPS) is 23.5. The second-order valence-corrected chi connectivity index (χ2v) is 4.68. The van der Waals surface area contributed by atoms with Crippen molar-refractivity contribution in [3.63, 3.8) is 0 Å². The molecule has 0 aromatic heterocycles. The molecule has 0 unspecified atom stereocenters. The Labute approximate surface area is 94.4 Å². The largest absolute Gasteiger partial charge is 0.481 e. The summed E-state index contributed by atoms with van der Waals surface area (Å²) in [5.41, 5.74) is -0.312. The van der Waals surface area contributed by atoms with Gasteiger partial charge in [-0.1, -0.05) is 6.42 Å². The molecule has 1 heterocycles. The quantitative estimate of drug-likeness (QED) is 0.795. The molecule has 1 aliphatic carbocycles. The Morgan fingerprint density at radius 2 is 2.06 bits per heavy atom. The van der Waals surface area contributed by atoms with Crippen molar-refractivity contribution >= 4 is 12.1 Å². The van der Waals surface area contributed by atoms with Gasteiger partial charge in [-0.15, -0.1) is 0 Å². The summed E-state index contributed by atoms with van der Waals surface area (Å²) in [6.07, 6.45) is 4.88. The molecule has 1 saturated carbocycles. The Morgan fingerprint density at radius 1 is 1.38 bits per heavy atom. The molecule has 5 heteroatoms. The van der Waals surface area contributed by atoms with Crippen molar-refractivity contribution in [3.8, 4) is 0 Å². The zero-order chi connectivity index (χ0) is 11.6. The minimum absolute atomic E-state index is 0.00875. The minimum Gasteiger partial charge on any atom is -0.481 e. The molecule has 0 aromatic carbocycles. The van der Waals surface area contributed by atoms with Gasteiger partial charge < -0.3 is 14.7 Å². The first kappa shape index (κ1) is 11.2. The number of hydrogen-bond acceptors (Lipinski definition) is 3. The van der Waals surface area contributed by atoms with Gasteiger partial charge in [-0.2, -0.15) is 0 Å². The smallest absolute Gasteiger partial charge is 0.410 e. The monoisotopic (exact) mass is 227 g/mol. The third-order valence-electron chi connectivity index (χ3n) is 3.40. The molecule has 1 N–H and O–H groups in total. The van der Waals surface area contributed by atoms with Crippen molar-refractivity contribution in [1.29, 1.82) is 0 Å². The van der Waals surface area contributed by atoms with E-state index < -0.39 is 5.97 Å². The Balaban J connectivity index is 1.92. The van der Waals surface area contributed by atoms with Crippen LogP contribution in [0.1, 0.15) is 38.5 Å². The maximum absolute atomic E-state index is 11.6. The zero-order valence-corrected chi connectivity index (χ0v) is 9.28. The standard InChI is InChI=1S/C11H17NO4/c13-9(14)4-7-12-8-11(16-10(12)15)5-2-1-3-6-11/h1-8H2,(H,13,14). The minimum atomic E-state index is -0.877. The van der Waals surface area contributed by atoms with Crippen LogP contribution in [0.4, 0.5) is 4.79 Å². The zero-order valence-electron chi connectivity index (χ0n) is 9.28. The predicted octanol–water partition coefficient (Wildman–Crippen LogP) is 1.62. The lowest BCUT2D eigenvalue weighted by Crippen LogP contribution is -2.37. The average Bonchev–Trinajstić information content (AvgIpc) is 2.53. The number of carboxylic acid groups (broad SMARTS) is 1. The summed E-state index contributed by atoms with van der Waals surface area (Å²) in [7, 11) is 0. The molecule has 1 saturated heterocycles. The van der Waals surface area contributed by atoms with Gasteiger partial charge in [0.15, 0.2) is 0 Å². The number of rotatable bonds is 3. The van der Waals surface area contributed by atoms with E-state index in [1.54, 1.807) is 0 Å². The van der Waals surface area contributed by atoms with Gasteiger partial charge in [-0.25, -0.2) is 4.79 Å². The molecule has 1 spiro atoms. The molecule has 0 aromatic rings. The molecule has 90 valence electrons. The maximum Gasteiger partial charge on any atom is 0.410 e. The number of aliphatic carboxylic acids is 1. The topological polar surface area (TPSA) is 66.8 Å². The highest BCUT2D eigenvalue weighted by molar-refractivity contribution is 5.72. The lowest BCUT2D eigenvalue weighted by Gasteiger charge is -2.30. The summed E-state index contributed by atoms with van der Waals surface area (Å²) >= 11 is 0. The van der Waals surface area contributed by atoms with Crippen LogP contribution in [0.15, 0.2) is 0 Å². The second kappa shape index (κ2) is 4.31. The third kappa shape index (κ3) is 2.28. The highest BCUT2D eigenvalue weighted by Crippen LogP contribution is 2.36. The van der Waals surface area contributed by atoms with E-state index in [-0.39, 0.29) is 24.7 Å². The molecular weight excluding hydrogens is 210 g/mol. The van der Waals surface area contributed by atoms with Crippen molar-refractivity contribution in [2.24, 2.45) is 0 Å². The van der Waals surface area contributed by atoms with Crippen LogP contribution < -0.4 is 0 Å². The number of hydrogen-bond donors (Lipinski definition) is 1. The van der Waals surface area contributed by atoms with E-state index in [9.17, 15) is 9.59 Å². The van der Waals surface area contributed by atoms with Gasteiger partial charge >= 0.3 is 12.1 Å². The van der Waals surface area contributed by atoms with Crippen LogP contribution in [0.3, 0.4) is 0 Å². The molecule has 2 rings (SSSR count). The van der Waals surface area contributed by atoms with Crippen LogP contribution >= 0.6 is 0 Å². The number of carboxylic acids is 1. The summed E-state index contributed by atoms with van der Waals surface area (Å²) in [5.74, 6) is -0.877. The fraction of sp³-hybridized carbons (Fsp3) is 0.818. The van der Waals surface area contributed by atoms with Crippen LogP contribution in [0.2, 0.25) is 0 Å². The van der Waals surface area contributed by atoms with Gasteiger partial charge in [0.2, 0.25) is 0 Å². The average molecular weight is 227 g/mol. The first-order chi connectivity index (χ1) is 7.61. The number of carbonyl (C=O) groups is 2. The highest BCUT2D eigenvalue weighted by atomic mass is 16.6. The van der Waals surface area contributed by atoms with Crippen LogP contribution in [0.25, 0.3) is 0 Å². The Bertz CT molecular complexity index is 296. The molecule has 2 fully saturated rings. The summed E-state index contributed by atoms with van der Waals surface area (Å²) in [6.45, 7) is 0.828. The Morgan fingerprint density at radius 3 is 2.69 bits per heavy atom. The second-order valence-electron chi connectivity index (χ2n) is 4.68. The molecule has 0 bridgehead atoms. The van der Waals surface area contributed by atoms with Gasteiger partial charge in [0, 0.05) is 6.54 Å². The maximum atomic E-state index is 11.6. The fourth-order valence-corrected chi connectivity index (χ4v) is 2.55. The van der Waals surface area contributed by atoms with Crippen LogP contribution in [0, 0.1) is 0 Å². The summed E-state index contributed by atoms with van der Waals surface area (Å²) in [6, 6.07) is 0. The lowest BCUT2D eigenvalue weighted by molar-refractivity contribution is -0.137. The Hall–Kier alpha value is -1.26. The molecular formula is C11H17NO4. The number of carbonyl (C=O) groups excluding carboxylic acids is 1. The molecule has 0 radical (unpaired) electrons. The summed E-state index contributed by atoms with van der Waals surface area (Å²) in [4.78, 5) is 23.5. The van der Waals surface area contributed by atoms with E-state index >= 15 is 0 Å². The first-order valence-electron chi connectivity index (χ1n) is 5.81. The van der Waals surface area contributed by atoms with Crippen molar-refractivity contribution in [1.82, 2.24) is 4.90 Å². The number of nitrogens with zero attached hydrogens (tertiary/aromatic N) is 1. The number of ether oxygens (including phenoxy) is 1. The van der Waals surface area contributed by atoms with Gasteiger partial charge in [0.05, 0.1) is 13.0 Å². The van der Waals surface area contributed by atoms with Crippen LogP contribution in [-0.4, -0.2) is 40.8 Å². The molecule has 5 nitrogen and oxygen atoms in total. The number of amides is 1. The molecule has 1 amide bonds. The van der Waals surface area contributed by atoms with E-state index in [2.05, 4.69) is 0 Å². The van der Waals surface area contributed by atoms with E-state index in [0.717, 1.165) is 25.7 Å². The molecule has 0 atom stereocenters. The summed E-state index contributed by atoms with van der Waals surface area (Å²) in [5, 5.41) is 8.58. The predicted molar refractivity (Wildman–Crippen MR) is 56.1 cm³/mol. The highest BCUT2D eigenvalue weighted by Gasteiger charge is 2.45. The van der Waals surface area contributed by atoms with Crippen molar-refractivity contribution < 1.29 is 19.4 Å². The SMILES string of the molecule is O=C(O)CCN1CC2(CCCCC2)OC1=O. The van der Waals surface area contributed by atoms with Gasteiger partial charge in [-0.3, -0.25) is 4.79 Å². The van der Waals surface area contributed by atoms with Gasteiger partial charge in [-0.05, 0) is 25.7 Å². The molecule has 2 aliphatic rings. The van der Waals surface area contributed by atoms with Crippen LogP contribution in [0.5, 0.6) is 0 Å². The Kier molecular flexibility index (Phi) is 3.03. The van der Waals surface area contributed by atoms with Crippen molar-refractivity contribution in [2.45, 2.75) is 44.1 Å². The van der Waals surface area contributed by atoms with E-state index in [0.29, 0.717) is 6.54 Å². The van der Waals surface area contributed by atoms with E-state index in [4.69, 9.17) is 9.84 Å². The third-order valence-corrected chi connectivity index (χ3v) is 3.40. The van der Waals surface area contributed by atoms with Crippen molar-refractivity contribution in [3.05, 3.63) is 0 Å². The van der Waals surface area contributed by atoms with Crippen LogP contribution in [-0.2, 0) is 9.53 Å². The summed E-state index contributed by atoms with van der Waals surface area (Å²) < 4.78 is 5.43. The van der Waals surface area contributed by atoms with E-state index in [1.165, 1.54) is 11.3 Å². The fourth-order valence-electron chi connectivity index (χ4n) is 2.55. The first-order valence-corrected chi connectivity index (χ1v) is 5.81. The van der Waals surface area contributed by atoms with E-state index in [1.807, 2.05) is 0 Å². The van der Waals surface area contributed by atoms with Crippen molar-refractivity contribution in [2.75, 3.05) is 13.1 Å².